The van der Waals surface area contributed by atoms with Crippen LogP contribution in [0.5, 0.6) is 0 Å². The molecule has 4 nitrogen and oxygen atoms in total. The van der Waals surface area contributed by atoms with E-state index in [1.807, 2.05) is 0 Å². The van der Waals surface area contributed by atoms with Crippen LogP contribution in [0.15, 0.2) is 0 Å². The van der Waals surface area contributed by atoms with Crippen LogP contribution < -0.4 is 5.32 Å². The smallest absolute Gasteiger partial charge is 0.224 e. The highest BCUT2D eigenvalue weighted by atomic mass is 16.3. The quantitative estimate of drug-likeness (QED) is 0.778. The summed E-state index contributed by atoms with van der Waals surface area (Å²) in [7, 11) is 0. The van der Waals surface area contributed by atoms with E-state index >= 15 is 0 Å². The molecule has 0 aromatic rings. The second-order valence-corrected chi connectivity index (χ2v) is 7.00. The molecular formula is C16H30N2O2. The maximum absolute atomic E-state index is 12.1. The van der Waals surface area contributed by atoms with Crippen LogP contribution in [0.3, 0.4) is 0 Å². The summed E-state index contributed by atoms with van der Waals surface area (Å²) in [5.74, 6) is 1.30. The highest BCUT2D eigenvalue weighted by molar-refractivity contribution is 5.79. The van der Waals surface area contributed by atoms with Crippen LogP contribution >= 0.6 is 0 Å². The van der Waals surface area contributed by atoms with Crippen molar-refractivity contribution in [1.29, 1.82) is 0 Å². The van der Waals surface area contributed by atoms with Gasteiger partial charge in [-0.15, -0.1) is 0 Å². The highest BCUT2D eigenvalue weighted by Crippen LogP contribution is 2.27. The van der Waals surface area contributed by atoms with Gasteiger partial charge in [0, 0.05) is 19.6 Å². The van der Waals surface area contributed by atoms with Crippen molar-refractivity contribution in [2.75, 3.05) is 26.2 Å². The number of carbonyl (C=O) groups excluding carboxylic acids is 1. The van der Waals surface area contributed by atoms with E-state index in [2.05, 4.69) is 24.1 Å². The Morgan fingerprint density at radius 3 is 2.65 bits per heavy atom. The Labute approximate surface area is 122 Å². The van der Waals surface area contributed by atoms with E-state index in [0.29, 0.717) is 18.4 Å². The summed E-state index contributed by atoms with van der Waals surface area (Å²) in [5, 5.41) is 13.0. The van der Waals surface area contributed by atoms with Crippen LogP contribution in [0.2, 0.25) is 0 Å². The monoisotopic (exact) mass is 282 g/mol. The van der Waals surface area contributed by atoms with Crippen molar-refractivity contribution in [3.05, 3.63) is 0 Å². The maximum Gasteiger partial charge on any atom is 0.224 e. The number of nitrogens with one attached hydrogen (secondary N) is 1. The maximum atomic E-state index is 12.1. The molecular weight excluding hydrogens is 252 g/mol. The molecule has 1 amide bonds. The molecule has 2 N–H and O–H groups in total. The van der Waals surface area contributed by atoms with Crippen molar-refractivity contribution < 1.29 is 9.90 Å². The lowest BCUT2D eigenvalue weighted by molar-refractivity contribution is -0.125. The van der Waals surface area contributed by atoms with E-state index in [1.54, 1.807) is 0 Å². The fourth-order valence-corrected chi connectivity index (χ4v) is 3.59. The van der Waals surface area contributed by atoms with Gasteiger partial charge >= 0.3 is 0 Å². The Morgan fingerprint density at radius 1 is 1.30 bits per heavy atom. The highest BCUT2D eigenvalue weighted by Gasteiger charge is 2.29. The molecule has 20 heavy (non-hydrogen) atoms. The van der Waals surface area contributed by atoms with Crippen molar-refractivity contribution in [2.45, 2.75) is 52.1 Å². The zero-order chi connectivity index (χ0) is 14.5. The zero-order valence-electron chi connectivity index (χ0n) is 13.0. The average molecular weight is 282 g/mol. The largest absolute Gasteiger partial charge is 0.391 e. The van der Waals surface area contributed by atoms with Gasteiger partial charge in [-0.05, 0) is 37.6 Å². The topological polar surface area (TPSA) is 52.6 Å². The van der Waals surface area contributed by atoms with Crippen molar-refractivity contribution in [1.82, 2.24) is 10.2 Å². The standard InChI is InChI=1S/C16H30N2O2/c1-12(2)10-18-8-7-14(11-18)16(20)17-9-15(19)13-5-3-4-6-13/h12-15,19H,3-11H2,1-2H3,(H,17,20). The van der Waals surface area contributed by atoms with Gasteiger partial charge in [-0.2, -0.15) is 0 Å². The molecule has 2 unspecified atom stereocenters. The molecule has 0 aromatic carbocycles. The Hall–Kier alpha value is -0.610. The van der Waals surface area contributed by atoms with Crippen LogP contribution in [-0.2, 0) is 4.79 Å². The molecule has 1 saturated heterocycles. The normalized spacial score (nSPS) is 26.3. The van der Waals surface area contributed by atoms with Gasteiger partial charge < -0.3 is 15.3 Å². The molecule has 1 aliphatic carbocycles. The summed E-state index contributed by atoms with van der Waals surface area (Å²) in [6, 6.07) is 0. The molecule has 2 aliphatic rings. The molecule has 0 radical (unpaired) electrons. The minimum Gasteiger partial charge on any atom is -0.391 e. The molecule has 116 valence electrons. The first-order chi connectivity index (χ1) is 9.56. The molecule has 2 fully saturated rings. The minimum absolute atomic E-state index is 0.115. The third-order valence-electron chi connectivity index (χ3n) is 4.70. The molecule has 2 rings (SSSR count). The summed E-state index contributed by atoms with van der Waals surface area (Å²) in [4.78, 5) is 14.5. The number of carbonyl (C=O) groups is 1. The first-order valence-corrected chi connectivity index (χ1v) is 8.24. The number of nitrogens with zero attached hydrogens (tertiary/aromatic N) is 1. The number of amides is 1. The van der Waals surface area contributed by atoms with Crippen LogP contribution in [-0.4, -0.2) is 48.2 Å². The number of hydrogen-bond acceptors (Lipinski definition) is 3. The van der Waals surface area contributed by atoms with Gasteiger partial charge in [0.2, 0.25) is 5.91 Å². The Morgan fingerprint density at radius 2 is 2.00 bits per heavy atom. The van der Waals surface area contributed by atoms with Gasteiger partial charge in [-0.1, -0.05) is 26.7 Å². The first-order valence-electron chi connectivity index (χ1n) is 8.24. The fraction of sp³-hybridized carbons (Fsp3) is 0.938. The summed E-state index contributed by atoms with van der Waals surface area (Å²) in [5.41, 5.74) is 0. The van der Waals surface area contributed by atoms with Gasteiger partial charge in [0.15, 0.2) is 0 Å². The third kappa shape index (κ3) is 4.45. The molecule has 1 saturated carbocycles. The van der Waals surface area contributed by atoms with E-state index in [-0.39, 0.29) is 17.9 Å². The van der Waals surface area contributed by atoms with E-state index < -0.39 is 0 Å². The van der Waals surface area contributed by atoms with Crippen LogP contribution in [0, 0.1) is 17.8 Å². The lowest BCUT2D eigenvalue weighted by Gasteiger charge is -2.20. The number of likely N-dealkylation sites (tertiary alicyclic amines) is 1. The predicted molar refractivity (Wildman–Crippen MR) is 80.4 cm³/mol. The predicted octanol–water partition coefficient (Wildman–Crippen LogP) is 1.63. The lowest BCUT2D eigenvalue weighted by Crippen LogP contribution is -2.39. The molecule has 0 bridgehead atoms. The van der Waals surface area contributed by atoms with Crippen molar-refractivity contribution in [3.63, 3.8) is 0 Å². The fourth-order valence-electron chi connectivity index (χ4n) is 3.59. The van der Waals surface area contributed by atoms with Crippen LogP contribution in [0.4, 0.5) is 0 Å². The van der Waals surface area contributed by atoms with Crippen molar-refractivity contribution in [2.24, 2.45) is 17.8 Å². The Kier molecular flexibility index (Phi) is 5.85. The number of aliphatic hydroxyl groups is 1. The first kappa shape index (κ1) is 15.8. The molecule has 0 spiro atoms. The van der Waals surface area contributed by atoms with E-state index in [9.17, 15) is 9.90 Å². The molecule has 1 aliphatic heterocycles. The van der Waals surface area contributed by atoms with Gasteiger partial charge in [0.25, 0.3) is 0 Å². The Balaban J connectivity index is 1.67. The van der Waals surface area contributed by atoms with E-state index in [1.165, 1.54) is 12.8 Å². The molecule has 4 heteroatoms. The van der Waals surface area contributed by atoms with Crippen molar-refractivity contribution in [3.8, 4) is 0 Å². The van der Waals surface area contributed by atoms with Crippen molar-refractivity contribution >= 4 is 5.91 Å². The number of rotatable bonds is 6. The molecule has 2 atom stereocenters. The summed E-state index contributed by atoms with van der Waals surface area (Å²) in [6.45, 7) is 7.85. The van der Waals surface area contributed by atoms with Crippen LogP contribution in [0.1, 0.15) is 46.0 Å². The van der Waals surface area contributed by atoms with Gasteiger partial charge in [-0.25, -0.2) is 0 Å². The van der Waals surface area contributed by atoms with Gasteiger partial charge in [0.1, 0.15) is 0 Å². The Bertz CT molecular complexity index is 314. The minimum atomic E-state index is -0.352. The van der Waals surface area contributed by atoms with Gasteiger partial charge in [0.05, 0.1) is 12.0 Å². The summed E-state index contributed by atoms with van der Waals surface area (Å²) in [6.07, 6.45) is 5.28. The summed E-state index contributed by atoms with van der Waals surface area (Å²) >= 11 is 0. The third-order valence-corrected chi connectivity index (χ3v) is 4.70. The second kappa shape index (κ2) is 7.41. The average Bonchev–Trinajstić information content (AvgIpc) is 3.05. The van der Waals surface area contributed by atoms with Gasteiger partial charge in [-0.3, -0.25) is 4.79 Å². The number of aliphatic hydroxyl groups excluding tert-OH is 1. The molecule has 1 heterocycles. The van der Waals surface area contributed by atoms with E-state index in [0.717, 1.165) is 38.9 Å². The lowest BCUT2D eigenvalue weighted by atomic mass is 10.0. The second-order valence-electron chi connectivity index (χ2n) is 7.00. The number of hydrogen-bond donors (Lipinski definition) is 2. The zero-order valence-corrected chi connectivity index (χ0v) is 13.0. The molecule has 0 aromatic heterocycles. The van der Waals surface area contributed by atoms with Crippen LogP contribution in [0.25, 0.3) is 0 Å². The summed E-state index contributed by atoms with van der Waals surface area (Å²) < 4.78 is 0. The van der Waals surface area contributed by atoms with E-state index in [4.69, 9.17) is 0 Å². The SMILES string of the molecule is CC(C)CN1CCC(C(=O)NCC(O)C2CCCC2)C1.